The van der Waals surface area contributed by atoms with E-state index in [1.54, 1.807) is 6.26 Å². The molecule has 4 nitrogen and oxygen atoms in total. The van der Waals surface area contributed by atoms with Gasteiger partial charge in [0.25, 0.3) is 0 Å². The van der Waals surface area contributed by atoms with E-state index in [1.807, 2.05) is 39.1 Å². The van der Waals surface area contributed by atoms with Gasteiger partial charge in [-0.05, 0) is 31.5 Å². The minimum Gasteiger partial charge on any atom is -0.469 e. The maximum atomic E-state index is 5.64. The molecule has 0 aliphatic rings. The normalized spacial score (nSPS) is 10.7. The summed E-state index contributed by atoms with van der Waals surface area (Å²) in [6, 6.07) is 6.04. The smallest absolute Gasteiger partial charge is 0.128 e. The van der Waals surface area contributed by atoms with Gasteiger partial charge in [-0.1, -0.05) is 6.07 Å². The molecule has 18 heavy (non-hydrogen) atoms. The van der Waals surface area contributed by atoms with Crippen molar-refractivity contribution in [2.75, 3.05) is 11.9 Å². The Bertz CT molecular complexity index is 534. The SMILES string of the molecule is Cc1nc(N(C)Cc2ccoc2C)ccc1CN. The van der Waals surface area contributed by atoms with Crippen molar-refractivity contribution in [2.45, 2.75) is 26.9 Å². The molecule has 0 radical (unpaired) electrons. The summed E-state index contributed by atoms with van der Waals surface area (Å²) in [5.41, 5.74) is 8.90. The molecule has 0 aliphatic carbocycles. The van der Waals surface area contributed by atoms with Crippen molar-refractivity contribution in [3.63, 3.8) is 0 Å². The zero-order valence-corrected chi connectivity index (χ0v) is 11.1. The predicted molar refractivity (Wildman–Crippen MR) is 72.4 cm³/mol. The predicted octanol–water partition coefficient (Wildman–Crippen LogP) is 2.39. The fraction of sp³-hybridized carbons (Fsp3) is 0.357. The summed E-state index contributed by atoms with van der Waals surface area (Å²) >= 11 is 0. The Morgan fingerprint density at radius 2 is 2.00 bits per heavy atom. The summed E-state index contributed by atoms with van der Waals surface area (Å²) in [6.45, 7) is 5.28. The van der Waals surface area contributed by atoms with Crippen LogP contribution >= 0.6 is 0 Å². The Hall–Kier alpha value is -1.81. The lowest BCUT2D eigenvalue weighted by Crippen LogP contribution is -2.18. The molecule has 0 atom stereocenters. The van der Waals surface area contributed by atoms with Crippen LogP contribution in [0.25, 0.3) is 0 Å². The second kappa shape index (κ2) is 5.23. The summed E-state index contributed by atoms with van der Waals surface area (Å²) in [5.74, 6) is 1.91. The van der Waals surface area contributed by atoms with Crippen LogP contribution in [0.4, 0.5) is 5.82 Å². The van der Waals surface area contributed by atoms with Gasteiger partial charge in [-0.3, -0.25) is 0 Å². The van der Waals surface area contributed by atoms with Crippen LogP contribution in [0.2, 0.25) is 0 Å². The van der Waals surface area contributed by atoms with Crippen LogP contribution in [-0.2, 0) is 13.1 Å². The van der Waals surface area contributed by atoms with Crippen molar-refractivity contribution in [1.82, 2.24) is 4.98 Å². The van der Waals surface area contributed by atoms with Crippen LogP contribution in [0.3, 0.4) is 0 Å². The highest BCUT2D eigenvalue weighted by atomic mass is 16.3. The van der Waals surface area contributed by atoms with Crippen molar-refractivity contribution >= 4 is 5.82 Å². The highest BCUT2D eigenvalue weighted by molar-refractivity contribution is 5.42. The minimum atomic E-state index is 0.531. The number of aromatic nitrogens is 1. The lowest BCUT2D eigenvalue weighted by Gasteiger charge is -2.19. The summed E-state index contributed by atoms with van der Waals surface area (Å²) < 4.78 is 5.30. The van der Waals surface area contributed by atoms with E-state index in [1.165, 1.54) is 5.56 Å². The minimum absolute atomic E-state index is 0.531. The van der Waals surface area contributed by atoms with Crippen molar-refractivity contribution in [2.24, 2.45) is 5.73 Å². The molecule has 0 spiro atoms. The van der Waals surface area contributed by atoms with Crippen LogP contribution in [0, 0.1) is 13.8 Å². The van der Waals surface area contributed by atoms with E-state index >= 15 is 0 Å². The highest BCUT2D eigenvalue weighted by Crippen LogP contribution is 2.17. The third-order valence-corrected chi connectivity index (χ3v) is 3.17. The van der Waals surface area contributed by atoms with Crippen LogP contribution in [0.5, 0.6) is 0 Å². The number of anilines is 1. The van der Waals surface area contributed by atoms with E-state index in [9.17, 15) is 0 Å². The number of furan rings is 1. The number of rotatable bonds is 4. The molecular formula is C14H19N3O. The average molecular weight is 245 g/mol. The molecule has 0 aromatic carbocycles. The number of nitrogens with two attached hydrogens (primary N) is 1. The summed E-state index contributed by atoms with van der Waals surface area (Å²) in [6.07, 6.45) is 1.72. The molecule has 2 rings (SSSR count). The van der Waals surface area contributed by atoms with Crippen LogP contribution in [0.15, 0.2) is 28.9 Å². The van der Waals surface area contributed by atoms with Gasteiger partial charge < -0.3 is 15.1 Å². The fourth-order valence-corrected chi connectivity index (χ4v) is 1.92. The first-order valence-electron chi connectivity index (χ1n) is 6.02. The number of pyridine rings is 1. The van der Waals surface area contributed by atoms with Gasteiger partial charge in [0.15, 0.2) is 0 Å². The largest absolute Gasteiger partial charge is 0.469 e. The number of nitrogens with zero attached hydrogens (tertiary/aromatic N) is 2. The molecule has 0 bridgehead atoms. The number of aryl methyl sites for hydroxylation is 2. The lowest BCUT2D eigenvalue weighted by molar-refractivity contribution is 0.529. The van der Waals surface area contributed by atoms with Gasteiger partial charge >= 0.3 is 0 Å². The molecule has 0 saturated heterocycles. The van der Waals surface area contributed by atoms with Gasteiger partial charge in [-0.25, -0.2) is 4.98 Å². The van der Waals surface area contributed by atoms with Crippen molar-refractivity contribution in [3.05, 3.63) is 47.0 Å². The van der Waals surface area contributed by atoms with E-state index in [0.29, 0.717) is 6.54 Å². The molecule has 2 N–H and O–H groups in total. The molecule has 0 aliphatic heterocycles. The fourth-order valence-electron chi connectivity index (χ4n) is 1.92. The van der Waals surface area contributed by atoms with E-state index in [0.717, 1.165) is 29.4 Å². The molecule has 2 aromatic heterocycles. The molecule has 96 valence electrons. The van der Waals surface area contributed by atoms with Gasteiger partial charge in [0, 0.05) is 31.4 Å². The average Bonchev–Trinajstić information content (AvgIpc) is 2.75. The number of hydrogen-bond donors (Lipinski definition) is 1. The van der Waals surface area contributed by atoms with Gasteiger partial charge in [0.1, 0.15) is 11.6 Å². The maximum Gasteiger partial charge on any atom is 0.128 e. The Kier molecular flexibility index (Phi) is 3.67. The molecule has 0 amide bonds. The molecular weight excluding hydrogens is 226 g/mol. The zero-order chi connectivity index (χ0) is 13.1. The van der Waals surface area contributed by atoms with Gasteiger partial charge in [-0.2, -0.15) is 0 Å². The van der Waals surface area contributed by atoms with Crippen molar-refractivity contribution in [1.29, 1.82) is 0 Å². The van der Waals surface area contributed by atoms with Gasteiger partial charge in [0.2, 0.25) is 0 Å². The van der Waals surface area contributed by atoms with Crippen molar-refractivity contribution in [3.8, 4) is 0 Å². The first kappa shape index (κ1) is 12.6. The van der Waals surface area contributed by atoms with Gasteiger partial charge in [0.05, 0.1) is 6.26 Å². The summed E-state index contributed by atoms with van der Waals surface area (Å²) in [4.78, 5) is 6.67. The molecule has 2 aromatic rings. The van der Waals surface area contributed by atoms with E-state index in [2.05, 4.69) is 9.88 Å². The third-order valence-electron chi connectivity index (χ3n) is 3.17. The van der Waals surface area contributed by atoms with Crippen LogP contribution < -0.4 is 10.6 Å². The van der Waals surface area contributed by atoms with E-state index in [-0.39, 0.29) is 0 Å². The molecule has 4 heteroatoms. The van der Waals surface area contributed by atoms with E-state index < -0.39 is 0 Å². The second-order valence-corrected chi connectivity index (χ2v) is 4.48. The lowest BCUT2D eigenvalue weighted by atomic mass is 10.2. The van der Waals surface area contributed by atoms with Gasteiger partial charge in [-0.15, -0.1) is 0 Å². The monoisotopic (exact) mass is 245 g/mol. The first-order chi connectivity index (χ1) is 8.61. The molecule has 0 unspecified atom stereocenters. The highest BCUT2D eigenvalue weighted by Gasteiger charge is 2.08. The standard InChI is InChI=1S/C14H19N3O/c1-10-12(8-15)4-5-14(16-10)17(3)9-13-6-7-18-11(13)2/h4-7H,8-9,15H2,1-3H3. The molecule has 2 heterocycles. The number of hydrogen-bond acceptors (Lipinski definition) is 4. The van der Waals surface area contributed by atoms with Crippen LogP contribution in [0.1, 0.15) is 22.6 Å². The second-order valence-electron chi connectivity index (χ2n) is 4.48. The molecule has 0 fully saturated rings. The van der Waals surface area contributed by atoms with Crippen LogP contribution in [-0.4, -0.2) is 12.0 Å². The summed E-state index contributed by atoms with van der Waals surface area (Å²) in [7, 11) is 2.02. The van der Waals surface area contributed by atoms with E-state index in [4.69, 9.17) is 10.2 Å². The summed E-state index contributed by atoms with van der Waals surface area (Å²) in [5, 5.41) is 0. The zero-order valence-electron chi connectivity index (χ0n) is 11.1. The van der Waals surface area contributed by atoms with Crippen molar-refractivity contribution < 1.29 is 4.42 Å². The Morgan fingerprint density at radius 1 is 1.22 bits per heavy atom. The quantitative estimate of drug-likeness (QED) is 0.898. The topological polar surface area (TPSA) is 55.3 Å². The molecule has 0 saturated carbocycles. The maximum absolute atomic E-state index is 5.64. The Labute approximate surface area is 107 Å². The Balaban J connectivity index is 2.16. The Morgan fingerprint density at radius 3 is 2.56 bits per heavy atom. The third kappa shape index (κ3) is 2.54. The first-order valence-corrected chi connectivity index (χ1v) is 6.02.